The SMILES string of the molecule is CN1C(=O)C(=O)N(CC(=O)Nc2cc(N)ccc2F)C1=O. The Hall–Kier alpha value is -2.97. The highest BCUT2D eigenvalue weighted by Gasteiger charge is 2.42. The minimum atomic E-state index is -1.11. The molecule has 0 unspecified atom stereocenters. The Balaban J connectivity index is 2.09. The van der Waals surface area contributed by atoms with Crippen LogP contribution in [0.3, 0.4) is 0 Å². The molecule has 0 radical (unpaired) electrons. The summed E-state index contributed by atoms with van der Waals surface area (Å²) in [6.45, 7) is -0.692. The highest BCUT2D eigenvalue weighted by Crippen LogP contribution is 2.17. The monoisotopic (exact) mass is 294 g/mol. The van der Waals surface area contributed by atoms with E-state index in [0.29, 0.717) is 9.80 Å². The molecule has 0 atom stereocenters. The van der Waals surface area contributed by atoms with E-state index in [0.717, 1.165) is 13.1 Å². The second kappa shape index (κ2) is 5.19. The fourth-order valence-corrected chi connectivity index (χ4v) is 1.73. The van der Waals surface area contributed by atoms with Gasteiger partial charge in [0.15, 0.2) is 0 Å². The normalized spacial score (nSPS) is 14.9. The molecule has 1 heterocycles. The zero-order valence-electron chi connectivity index (χ0n) is 10.9. The van der Waals surface area contributed by atoms with E-state index in [1.807, 2.05) is 0 Å². The first-order chi connectivity index (χ1) is 9.81. The predicted molar refractivity (Wildman–Crippen MR) is 69.3 cm³/mol. The summed E-state index contributed by atoms with van der Waals surface area (Å²) in [6, 6.07) is 2.66. The molecule has 2 rings (SSSR count). The molecule has 0 spiro atoms. The number of nitrogens with one attached hydrogen (secondary N) is 1. The fourth-order valence-electron chi connectivity index (χ4n) is 1.73. The number of likely N-dealkylation sites (N-methyl/N-ethyl adjacent to an activating group) is 1. The van der Waals surface area contributed by atoms with Crippen LogP contribution in [0.4, 0.5) is 20.6 Å². The summed E-state index contributed by atoms with van der Waals surface area (Å²) in [5.74, 6) is -3.68. The minimum absolute atomic E-state index is 0.182. The molecule has 0 saturated carbocycles. The van der Waals surface area contributed by atoms with Gasteiger partial charge in [0.1, 0.15) is 12.4 Å². The van der Waals surface area contributed by atoms with E-state index < -0.39 is 36.1 Å². The van der Waals surface area contributed by atoms with E-state index in [1.54, 1.807) is 0 Å². The molecular formula is C12H11FN4O4. The third kappa shape index (κ3) is 2.66. The van der Waals surface area contributed by atoms with Gasteiger partial charge >= 0.3 is 17.8 Å². The van der Waals surface area contributed by atoms with E-state index in [9.17, 15) is 23.6 Å². The van der Waals surface area contributed by atoms with Crippen LogP contribution in [0.15, 0.2) is 18.2 Å². The van der Waals surface area contributed by atoms with E-state index in [1.165, 1.54) is 12.1 Å². The number of nitrogens with zero attached hydrogens (tertiary/aromatic N) is 2. The van der Waals surface area contributed by atoms with Gasteiger partial charge in [0.05, 0.1) is 5.69 Å². The summed E-state index contributed by atoms with van der Waals surface area (Å²) >= 11 is 0. The predicted octanol–water partition coefficient (Wildman–Crippen LogP) is -0.233. The summed E-state index contributed by atoms with van der Waals surface area (Å²) < 4.78 is 13.4. The molecule has 1 aliphatic rings. The molecule has 1 saturated heterocycles. The molecular weight excluding hydrogens is 283 g/mol. The quantitative estimate of drug-likeness (QED) is 0.454. The Morgan fingerprint density at radius 1 is 1.29 bits per heavy atom. The van der Waals surface area contributed by atoms with Crippen LogP contribution in [0.2, 0.25) is 0 Å². The van der Waals surface area contributed by atoms with Gasteiger partial charge in [0, 0.05) is 12.7 Å². The average molecular weight is 294 g/mol. The van der Waals surface area contributed by atoms with Gasteiger partial charge in [-0.2, -0.15) is 0 Å². The van der Waals surface area contributed by atoms with Crippen molar-refractivity contribution in [1.29, 1.82) is 0 Å². The molecule has 0 aromatic heterocycles. The van der Waals surface area contributed by atoms with Crippen LogP contribution in [-0.2, 0) is 14.4 Å². The number of hydrogen-bond acceptors (Lipinski definition) is 5. The van der Waals surface area contributed by atoms with Crippen molar-refractivity contribution in [1.82, 2.24) is 9.80 Å². The summed E-state index contributed by atoms with van der Waals surface area (Å²) in [6.07, 6.45) is 0. The first kappa shape index (κ1) is 14.4. The lowest BCUT2D eigenvalue weighted by Crippen LogP contribution is -2.38. The van der Waals surface area contributed by atoms with Crippen LogP contribution >= 0.6 is 0 Å². The lowest BCUT2D eigenvalue weighted by molar-refractivity contribution is -0.143. The standard InChI is InChI=1S/C12H11FN4O4/c1-16-10(19)11(20)17(12(16)21)5-9(18)15-8-4-6(14)2-3-7(8)13/h2-4H,5,14H2,1H3,(H,15,18). The van der Waals surface area contributed by atoms with Crippen molar-refractivity contribution in [3.05, 3.63) is 24.0 Å². The number of rotatable bonds is 3. The first-order valence-corrected chi connectivity index (χ1v) is 5.79. The van der Waals surface area contributed by atoms with Crippen molar-refractivity contribution in [3.8, 4) is 0 Å². The van der Waals surface area contributed by atoms with Crippen molar-refractivity contribution in [2.24, 2.45) is 0 Å². The zero-order valence-corrected chi connectivity index (χ0v) is 10.9. The topological polar surface area (TPSA) is 113 Å². The Kier molecular flexibility index (Phi) is 3.57. The molecule has 1 fully saturated rings. The van der Waals surface area contributed by atoms with E-state index in [-0.39, 0.29) is 11.4 Å². The van der Waals surface area contributed by atoms with Gasteiger partial charge in [0.25, 0.3) is 0 Å². The third-order valence-electron chi connectivity index (χ3n) is 2.82. The van der Waals surface area contributed by atoms with Crippen molar-refractivity contribution in [3.63, 3.8) is 0 Å². The third-order valence-corrected chi connectivity index (χ3v) is 2.82. The molecule has 1 aromatic carbocycles. The molecule has 1 aromatic rings. The maximum absolute atomic E-state index is 13.4. The lowest BCUT2D eigenvalue weighted by Gasteiger charge is -2.13. The zero-order chi connectivity index (χ0) is 15.7. The number of hydrogen-bond donors (Lipinski definition) is 2. The molecule has 0 bridgehead atoms. The van der Waals surface area contributed by atoms with Gasteiger partial charge in [-0.05, 0) is 18.2 Å². The van der Waals surface area contributed by atoms with Crippen molar-refractivity contribution >= 4 is 35.1 Å². The number of halogens is 1. The van der Waals surface area contributed by atoms with E-state index in [2.05, 4.69) is 5.32 Å². The molecule has 5 amide bonds. The summed E-state index contributed by atoms with van der Waals surface area (Å²) in [5.41, 5.74) is 5.51. The second-order valence-electron chi connectivity index (χ2n) is 4.33. The van der Waals surface area contributed by atoms with Gasteiger partial charge in [-0.1, -0.05) is 0 Å². The fraction of sp³-hybridized carbons (Fsp3) is 0.167. The van der Waals surface area contributed by atoms with Gasteiger partial charge < -0.3 is 11.1 Å². The molecule has 1 aliphatic heterocycles. The van der Waals surface area contributed by atoms with Gasteiger partial charge in [0.2, 0.25) is 5.91 Å². The second-order valence-corrected chi connectivity index (χ2v) is 4.33. The molecule has 8 nitrogen and oxygen atoms in total. The van der Waals surface area contributed by atoms with Gasteiger partial charge in [-0.25, -0.2) is 14.1 Å². The van der Waals surface area contributed by atoms with E-state index >= 15 is 0 Å². The van der Waals surface area contributed by atoms with Crippen molar-refractivity contribution in [2.45, 2.75) is 0 Å². The van der Waals surface area contributed by atoms with Crippen LogP contribution in [-0.4, -0.2) is 47.1 Å². The van der Waals surface area contributed by atoms with Gasteiger partial charge in [-0.3, -0.25) is 19.3 Å². The molecule has 21 heavy (non-hydrogen) atoms. The summed E-state index contributed by atoms with van der Waals surface area (Å²) in [4.78, 5) is 47.1. The number of imide groups is 2. The van der Waals surface area contributed by atoms with Crippen LogP contribution in [0.1, 0.15) is 0 Å². The average Bonchev–Trinajstić information content (AvgIpc) is 2.61. The number of carbonyl (C=O) groups is 4. The molecule has 0 aliphatic carbocycles. The number of nitrogen functional groups attached to an aromatic ring is 1. The molecule has 110 valence electrons. The van der Waals surface area contributed by atoms with Crippen molar-refractivity contribution < 1.29 is 23.6 Å². The number of carbonyl (C=O) groups excluding carboxylic acids is 4. The van der Waals surface area contributed by atoms with Crippen LogP contribution in [0, 0.1) is 5.82 Å². The summed E-state index contributed by atoms with van der Waals surface area (Å²) in [5, 5.41) is 2.18. The highest BCUT2D eigenvalue weighted by atomic mass is 19.1. The van der Waals surface area contributed by atoms with Crippen LogP contribution < -0.4 is 11.1 Å². The number of benzene rings is 1. The van der Waals surface area contributed by atoms with Crippen LogP contribution in [0.25, 0.3) is 0 Å². The number of anilines is 2. The van der Waals surface area contributed by atoms with Crippen LogP contribution in [0.5, 0.6) is 0 Å². The maximum Gasteiger partial charge on any atom is 0.334 e. The largest absolute Gasteiger partial charge is 0.399 e. The Morgan fingerprint density at radius 3 is 2.52 bits per heavy atom. The Morgan fingerprint density at radius 2 is 1.95 bits per heavy atom. The Labute approximate surface area is 118 Å². The molecule has 9 heteroatoms. The highest BCUT2D eigenvalue weighted by molar-refractivity contribution is 6.44. The lowest BCUT2D eigenvalue weighted by atomic mass is 10.2. The minimum Gasteiger partial charge on any atom is -0.399 e. The Bertz CT molecular complexity index is 661. The maximum atomic E-state index is 13.4. The van der Waals surface area contributed by atoms with E-state index in [4.69, 9.17) is 5.73 Å². The molecule has 3 N–H and O–H groups in total. The number of amides is 5. The first-order valence-electron chi connectivity index (χ1n) is 5.79. The summed E-state index contributed by atoms with van der Waals surface area (Å²) in [7, 11) is 1.12. The van der Waals surface area contributed by atoms with Crippen molar-refractivity contribution in [2.75, 3.05) is 24.6 Å². The number of nitrogens with two attached hydrogens (primary N) is 1. The number of urea groups is 1. The van der Waals surface area contributed by atoms with Gasteiger partial charge in [-0.15, -0.1) is 0 Å². The smallest absolute Gasteiger partial charge is 0.334 e.